The molecule has 0 heterocycles. The van der Waals surface area contributed by atoms with E-state index in [0.717, 1.165) is 17.7 Å². The van der Waals surface area contributed by atoms with Crippen LogP contribution in [-0.2, 0) is 6.54 Å². The molecule has 0 fully saturated rings. The second kappa shape index (κ2) is 5.04. The molecule has 2 rings (SSSR count). The van der Waals surface area contributed by atoms with Gasteiger partial charge < -0.3 is 10.6 Å². The molecular weight excluding hydrogens is 234 g/mol. The van der Waals surface area contributed by atoms with Crippen molar-refractivity contribution in [2.45, 2.75) is 6.54 Å². The zero-order valence-corrected chi connectivity index (χ0v) is 10.0. The minimum Gasteiger partial charge on any atom is -0.399 e. The van der Waals surface area contributed by atoms with Gasteiger partial charge in [0.2, 0.25) is 0 Å². The molecule has 0 aliphatic rings. The van der Waals surface area contributed by atoms with Gasteiger partial charge in [-0.3, -0.25) is 0 Å². The number of hydrogen-bond acceptors (Lipinski definition) is 2. The minimum absolute atomic E-state index is 0.0620. The molecule has 94 valence electrons. The molecule has 2 aromatic rings. The Kier molecular flexibility index (Phi) is 3.46. The summed E-state index contributed by atoms with van der Waals surface area (Å²) in [5.41, 5.74) is 6.39. The fourth-order valence-corrected chi connectivity index (χ4v) is 1.89. The van der Waals surface area contributed by atoms with Gasteiger partial charge in [0, 0.05) is 19.3 Å². The third-order valence-corrected chi connectivity index (χ3v) is 2.68. The van der Waals surface area contributed by atoms with Gasteiger partial charge in [-0.2, -0.15) is 0 Å². The average molecular weight is 248 g/mol. The maximum atomic E-state index is 13.7. The van der Waals surface area contributed by atoms with E-state index in [1.165, 1.54) is 4.90 Å². The molecule has 0 aliphatic heterocycles. The van der Waals surface area contributed by atoms with Crippen LogP contribution in [0.25, 0.3) is 0 Å². The van der Waals surface area contributed by atoms with Crippen LogP contribution in [0, 0.1) is 11.6 Å². The number of nitrogens with two attached hydrogens (primary N) is 1. The van der Waals surface area contributed by atoms with E-state index >= 15 is 0 Å². The zero-order chi connectivity index (χ0) is 13.1. The van der Waals surface area contributed by atoms with Gasteiger partial charge in [-0.25, -0.2) is 8.78 Å². The predicted molar refractivity (Wildman–Crippen MR) is 69.3 cm³/mol. The van der Waals surface area contributed by atoms with Gasteiger partial charge in [0.05, 0.1) is 0 Å². The van der Waals surface area contributed by atoms with E-state index < -0.39 is 11.6 Å². The van der Waals surface area contributed by atoms with Crippen LogP contribution in [0.4, 0.5) is 20.2 Å². The first-order valence-electron chi connectivity index (χ1n) is 5.57. The molecule has 0 aliphatic carbocycles. The first kappa shape index (κ1) is 12.4. The third kappa shape index (κ3) is 2.59. The molecule has 0 spiro atoms. The summed E-state index contributed by atoms with van der Waals surface area (Å²) in [6.07, 6.45) is 0. The van der Waals surface area contributed by atoms with Gasteiger partial charge in [0.25, 0.3) is 0 Å². The average Bonchev–Trinajstić information content (AvgIpc) is 2.28. The standard InChI is InChI=1S/C14H14F2N2/c1-18(9-10-5-3-2-4-6-10)14-12(15)7-11(17)8-13(14)16/h2-8H,9,17H2,1H3. The zero-order valence-electron chi connectivity index (χ0n) is 10.0. The topological polar surface area (TPSA) is 29.3 Å². The van der Waals surface area contributed by atoms with Crippen molar-refractivity contribution in [3.8, 4) is 0 Å². The van der Waals surface area contributed by atoms with Crippen LogP contribution in [0.2, 0.25) is 0 Å². The summed E-state index contributed by atoms with van der Waals surface area (Å²) < 4.78 is 27.4. The minimum atomic E-state index is -0.647. The van der Waals surface area contributed by atoms with Gasteiger partial charge in [-0.1, -0.05) is 30.3 Å². The number of halogens is 2. The number of anilines is 2. The van der Waals surface area contributed by atoms with Gasteiger partial charge >= 0.3 is 0 Å². The number of nitrogens with zero attached hydrogens (tertiary/aromatic N) is 1. The number of hydrogen-bond donors (Lipinski definition) is 1. The summed E-state index contributed by atoms with van der Waals surface area (Å²) >= 11 is 0. The lowest BCUT2D eigenvalue weighted by molar-refractivity contribution is 0.578. The van der Waals surface area contributed by atoms with Gasteiger partial charge in [0.15, 0.2) is 11.6 Å². The van der Waals surface area contributed by atoms with Crippen LogP contribution < -0.4 is 10.6 Å². The van der Waals surface area contributed by atoms with Crippen LogP contribution in [0.1, 0.15) is 5.56 Å². The number of nitrogen functional groups attached to an aromatic ring is 1. The van der Waals surface area contributed by atoms with Crippen molar-refractivity contribution in [3.63, 3.8) is 0 Å². The van der Waals surface area contributed by atoms with Crippen LogP contribution in [0.3, 0.4) is 0 Å². The van der Waals surface area contributed by atoms with Gasteiger partial charge in [0.1, 0.15) is 5.69 Å². The van der Waals surface area contributed by atoms with E-state index in [2.05, 4.69) is 0 Å². The maximum absolute atomic E-state index is 13.7. The molecule has 0 bridgehead atoms. The summed E-state index contributed by atoms with van der Waals surface area (Å²) in [6.45, 7) is 0.429. The molecule has 0 unspecified atom stereocenters. The van der Waals surface area contributed by atoms with Gasteiger partial charge in [-0.05, 0) is 17.7 Å². The molecule has 18 heavy (non-hydrogen) atoms. The lowest BCUT2D eigenvalue weighted by Crippen LogP contribution is -2.19. The first-order chi connectivity index (χ1) is 8.58. The Morgan fingerprint density at radius 1 is 1.06 bits per heavy atom. The third-order valence-electron chi connectivity index (χ3n) is 2.68. The van der Waals surface area contributed by atoms with Crippen molar-refractivity contribution < 1.29 is 8.78 Å². The SMILES string of the molecule is CN(Cc1ccccc1)c1c(F)cc(N)cc1F. The largest absolute Gasteiger partial charge is 0.399 e. The lowest BCUT2D eigenvalue weighted by atomic mass is 10.2. The molecular formula is C14H14F2N2. The molecule has 0 amide bonds. The van der Waals surface area contributed by atoms with Crippen molar-refractivity contribution in [2.24, 2.45) is 0 Å². The van der Waals surface area contributed by atoms with Crippen LogP contribution in [-0.4, -0.2) is 7.05 Å². The summed E-state index contributed by atoms with van der Waals surface area (Å²) in [5.74, 6) is -1.29. The van der Waals surface area contributed by atoms with E-state index in [1.807, 2.05) is 30.3 Å². The predicted octanol–water partition coefficient (Wildman–Crippen LogP) is 3.18. The maximum Gasteiger partial charge on any atom is 0.151 e. The Bertz CT molecular complexity index is 518. The summed E-state index contributed by atoms with van der Waals surface area (Å²) in [4.78, 5) is 1.53. The second-order valence-electron chi connectivity index (χ2n) is 4.17. The molecule has 2 N–H and O–H groups in total. The van der Waals surface area contributed by atoms with Crippen LogP contribution >= 0.6 is 0 Å². The van der Waals surface area contributed by atoms with E-state index in [1.54, 1.807) is 7.05 Å². The Hall–Kier alpha value is -2.10. The van der Waals surface area contributed by atoms with Crippen molar-refractivity contribution in [1.82, 2.24) is 0 Å². The van der Waals surface area contributed by atoms with E-state index in [-0.39, 0.29) is 11.4 Å². The highest BCUT2D eigenvalue weighted by Gasteiger charge is 2.14. The van der Waals surface area contributed by atoms with Crippen molar-refractivity contribution in [2.75, 3.05) is 17.7 Å². The van der Waals surface area contributed by atoms with Crippen LogP contribution in [0.15, 0.2) is 42.5 Å². The smallest absolute Gasteiger partial charge is 0.151 e. The molecule has 0 aromatic heterocycles. The Morgan fingerprint density at radius 3 is 2.17 bits per heavy atom. The highest BCUT2D eigenvalue weighted by Crippen LogP contribution is 2.26. The first-order valence-corrected chi connectivity index (χ1v) is 5.57. The molecule has 0 saturated carbocycles. The van der Waals surface area contributed by atoms with Crippen molar-refractivity contribution in [1.29, 1.82) is 0 Å². The summed E-state index contributed by atoms with van der Waals surface area (Å²) in [7, 11) is 1.64. The fourth-order valence-electron chi connectivity index (χ4n) is 1.89. The highest BCUT2D eigenvalue weighted by molar-refractivity contribution is 5.55. The normalized spacial score (nSPS) is 10.4. The quantitative estimate of drug-likeness (QED) is 0.845. The van der Waals surface area contributed by atoms with Crippen LogP contribution in [0.5, 0.6) is 0 Å². The van der Waals surface area contributed by atoms with Crippen molar-refractivity contribution >= 4 is 11.4 Å². The van der Waals surface area contributed by atoms with Gasteiger partial charge in [-0.15, -0.1) is 0 Å². The Balaban J connectivity index is 2.27. The Morgan fingerprint density at radius 2 is 1.61 bits per heavy atom. The van der Waals surface area contributed by atoms with E-state index in [9.17, 15) is 8.78 Å². The molecule has 0 saturated heterocycles. The molecule has 4 heteroatoms. The number of rotatable bonds is 3. The number of benzene rings is 2. The van der Waals surface area contributed by atoms with Crippen molar-refractivity contribution in [3.05, 3.63) is 59.7 Å². The van der Waals surface area contributed by atoms with E-state index in [4.69, 9.17) is 5.73 Å². The summed E-state index contributed by atoms with van der Waals surface area (Å²) in [5, 5.41) is 0. The monoisotopic (exact) mass is 248 g/mol. The Labute approximate surface area is 105 Å². The van der Waals surface area contributed by atoms with E-state index in [0.29, 0.717) is 6.54 Å². The molecule has 0 atom stereocenters. The molecule has 0 radical (unpaired) electrons. The molecule has 2 nitrogen and oxygen atoms in total. The molecule has 2 aromatic carbocycles. The summed E-state index contributed by atoms with van der Waals surface area (Å²) in [6, 6.07) is 11.7. The highest BCUT2D eigenvalue weighted by atomic mass is 19.1. The fraction of sp³-hybridized carbons (Fsp3) is 0.143. The second-order valence-corrected chi connectivity index (χ2v) is 4.17. The lowest BCUT2D eigenvalue weighted by Gasteiger charge is -2.21.